The predicted octanol–water partition coefficient (Wildman–Crippen LogP) is 2.70. The maximum Gasteiger partial charge on any atom is 0.231 e. The minimum atomic E-state index is -0.653. The van der Waals surface area contributed by atoms with E-state index < -0.39 is 11.9 Å². The van der Waals surface area contributed by atoms with E-state index in [-0.39, 0.29) is 52.9 Å². The lowest BCUT2D eigenvalue weighted by atomic mass is 9.62. The average Bonchev–Trinajstić information content (AvgIpc) is 3.00. The van der Waals surface area contributed by atoms with Gasteiger partial charge in [0.05, 0.1) is 12.2 Å². The molecule has 0 amide bonds. The summed E-state index contributed by atoms with van der Waals surface area (Å²) in [5.74, 6) is -1.55. The van der Waals surface area contributed by atoms with E-state index in [2.05, 4.69) is 0 Å². The Morgan fingerprint density at radius 1 is 1.20 bits per heavy atom. The highest BCUT2D eigenvalue weighted by atomic mass is 16.5. The molecule has 1 saturated carbocycles. The number of aromatic hydroxyl groups is 2. The zero-order valence-corrected chi connectivity index (χ0v) is 14.3. The Bertz CT molecular complexity index is 820. The van der Waals surface area contributed by atoms with Crippen molar-refractivity contribution in [3.05, 3.63) is 28.0 Å². The van der Waals surface area contributed by atoms with Crippen molar-refractivity contribution in [3.63, 3.8) is 0 Å². The minimum Gasteiger partial charge on any atom is -0.507 e. The number of ketones is 1. The van der Waals surface area contributed by atoms with Gasteiger partial charge in [0.25, 0.3) is 0 Å². The van der Waals surface area contributed by atoms with E-state index in [1.165, 1.54) is 0 Å². The molecule has 6 nitrogen and oxygen atoms in total. The summed E-state index contributed by atoms with van der Waals surface area (Å²) in [5, 5.41) is 41.4. The number of aliphatic hydroxyl groups is 2. The lowest BCUT2D eigenvalue weighted by Gasteiger charge is -2.42. The SMILES string of the molecule is CC1(C)CCC[C@H]2C1=C(O)C(=O)c1c(O)c3c(c(O)c12)O[C@@H](CO)C3. The Labute approximate surface area is 145 Å². The number of aliphatic hydroxyl groups excluding tert-OH is 2. The van der Waals surface area contributed by atoms with Gasteiger partial charge in [-0.05, 0) is 23.8 Å². The molecular formula is C19H22O6. The van der Waals surface area contributed by atoms with Crippen LogP contribution in [-0.2, 0) is 6.42 Å². The highest BCUT2D eigenvalue weighted by molar-refractivity contribution is 6.13. The maximum absolute atomic E-state index is 12.8. The fraction of sp³-hybridized carbons (Fsp3) is 0.526. The number of fused-ring (bicyclic) bond motifs is 4. The highest BCUT2D eigenvalue weighted by Crippen LogP contribution is 2.59. The zero-order valence-electron chi connectivity index (χ0n) is 14.3. The topological polar surface area (TPSA) is 107 Å². The van der Waals surface area contributed by atoms with Gasteiger partial charge >= 0.3 is 0 Å². The second-order valence-electron chi connectivity index (χ2n) is 7.84. The molecule has 0 bridgehead atoms. The highest BCUT2D eigenvalue weighted by Gasteiger charge is 2.47. The van der Waals surface area contributed by atoms with Gasteiger partial charge in [-0.25, -0.2) is 0 Å². The molecule has 3 aliphatic rings. The lowest BCUT2D eigenvalue weighted by molar-refractivity contribution is 0.0949. The molecule has 0 spiro atoms. The van der Waals surface area contributed by atoms with Gasteiger partial charge in [0.2, 0.25) is 5.78 Å². The summed E-state index contributed by atoms with van der Waals surface area (Å²) in [6, 6.07) is 0. The Hall–Kier alpha value is -2.21. The second-order valence-corrected chi connectivity index (χ2v) is 7.84. The van der Waals surface area contributed by atoms with Gasteiger partial charge in [-0.3, -0.25) is 4.79 Å². The quantitative estimate of drug-likeness (QED) is 0.583. The first kappa shape index (κ1) is 16.3. The summed E-state index contributed by atoms with van der Waals surface area (Å²) in [4.78, 5) is 12.8. The molecule has 2 atom stereocenters. The van der Waals surface area contributed by atoms with E-state index in [9.17, 15) is 25.2 Å². The first-order valence-electron chi connectivity index (χ1n) is 8.64. The number of allylic oxidation sites excluding steroid dienone is 2. The predicted molar refractivity (Wildman–Crippen MR) is 89.3 cm³/mol. The third-order valence-electron chi connectivity index (χ3n) is 5.87. The van der Waals surface area contributed by atoms with Crippen LogP contribution in [0.1, 0.15) is 60.5 Å². The van der Waals surface area contributed by atoms with Crippen molar-refractivity contribution in [1.29, 1.82) is 0 Å². The molecule has 4 rings (SSSR count). The molecule has 134 valence electrons. The van der Waals surface area contributed by atoms with Crippen LogP contribution in [0.2, 0.25) is 0 Å². The van der Waals surface area contributed by atoms with Gasteiger partial charge in [-0.1, -0.05) is 20.3 Å². The smallest absolute Gasteiger partial charge is 0.231 e. The molecule has 25 heavy (non-hydrogen) atoms. The molecule has 0 unspecified atom stereocenters. The molecule has 6 heteroatoms. The number of rotatable bonds is 1. The van der Waals surface area contributed by atoms with Crippen molar-refractivity contribution in [2.45, 2.75) is 51.6 Å². The molecule has 1 aliphatic heterocycles. The average molecular weight is 346 g/mol. The van der Waals surface area contributed by atoms with Crippen molar-refractivity contribution in [2.24, 2.45) is 5.41 Å². The number of carbonyl (C=O) groups excluding carboxylic acids is 1. The molecular weight excluding hydrogens is 324 g/mol. The molecule has 1 fully saturated rings. The number of phenolic OH excluding ortho intramolecular Hbond substituents is 2. The van der Waals surface area contributed by atoms with Crippen LogP contribution in [0, 0.1) is 5.41 Å². The van der Waals surface area contributed by atoms with Crippen LogP contribution in [0.5, 0.6) is 17.2 Å². The largest absolute Gasteiger partial charge is 0.507 e. The summed E-state index contributed by atoms with van der Waals surface area (Å²) in [6.07, 6.45) is 2.05. The molecule has 4 N–H and O–H groups in total. The van der Waals surface area contributed by atoms with E-state index in [1.807, 2.05) is 13.8 Å². The summed E-state index contributed by atoms with van der Waals surface area (Å²) >= 11 is 0. The number of carbonyl (C=O) groups is 1. The third-order valence-corrected chi connectivity index (χ3v) is 5.87. The van der Waals surface area contributed by atoms with Crippen LogP contribution in [0.4, 0.5) is 0 Å². The van der Waals surface area contributed by atoms with E-state index in [1.54, 1.807) is 0 Å². The maximum atomic E-state index is 12.8. The van der Waals surface area contributed by atoms with Crippen LogP contribution >= 0.6 is 0 Å². The minimum absolute atomic E-state index is 0.0256. The monoisotopic (exact) mass is 346 g/mol. The van der Waals surface area contributed by atoms with Gasteiger partial charge in [0, 0.05) is 23.5 Å². The van der Waals surface area contributed by atoms with Crippen LogP contribution in [0.15, 0.2) is 11.3 Å². The van der Waals surface area contributed by atoms with E-state index in [0.717, 1.165) is 12.8 Å². The summed E-state index contributed by atoms with van der Waals surface area (Å²) < 4.78 is 5.58. The number of phenols is 2. The number of Topliss-reactive ketones (excluding diaryl/α,β-unsaturated/α-hetero) is 1. The summed E-state index contributed by atoms with van der Waals surface area (Å²) in [5.41, 5.74) is 0.899. The molecule has 1 aromatic carbocycles. The number of benzene rings is 1. The Balaban J connectivity index is 1.99. The van der Waals surface area contributed by atoms with E-state index in [4.69, 9.17) is 4.74 Å². The fourth-order valence-electron chi connectivity index (χ4n) is 4.71. The summed E-state index contributed by atoms with van der Waals surface area (Å²) in [6.45, 7) is 3.70. The van der Waals surface area contributed by atoms with E-state index in [0.29, 0.717) is 23.1 Å². The molecule has 1 heterocycles. The lowest BCUT2D eigenvalue weighted by Crippen LogP contribution is -2.33. The Morgan fingerprint density at radius 3 is 2.60 bits per heavy atom. The van der Waals surface area contributed by atoms with Crippen LogP contribution < -0.4 is 4.74 Å². The van der Waals surface area contributed by atoms with Crippen molar-refractivity contribution in [2.75, 3.05) is 6.61 Å². The second kappa shape index (κ2) is 5.14. The fourth-order valence-corrected chi connectivity index (χ4v) is 4.71. The van der Waals surface area contributed by atoms with Crippen LogP contribution in [0.3, 0.4) is 0 Å². The molecule has 0 saturated heterocycles. The zero-order chi connectivity index (χ0) is 18.1. The standard InChI is InChI=1S/C19H22O6/c1-19(2)5-3-4-9-11-12(15(22)17(24)13(9)19)14(21)10-6-8(7-20)25-18(10)16(11)23/h8-9,20-21,23-24H,3-7H2,1-2H3/t8-,9-/m1/s1. The normalized spacial score (nSPS) is 26.8. The van der Waals surface area contributed by atoms with Gasteiger partial charge in [0.1, 0.15) is 11.9 Å². The van der Waals surface area contributed by atoms with Crippen LogP contribution in [0.25, 0.3) is 0 Å². The Morgan fingerprint density at radius 2 is 1.92 bits per heavy atom. The first-order valence-corrected chi connectivity index (χ1v) is 8.64. The van der Waals surface area contributed by atoms with Crippen molar-refractivity contribution >= 4 is 5.78 Å². The molecule has 2 aliphatic carbocycles. The van der Waals surface area contributed by atoms with Crippen molar-refractivity contribution in [3.8, 4) is 17.2 Å². The summed E-state index contributed by atoms with van der Waals surface area (Å²) in [7, 11) is 0. The van der Waals surface area contributed by atoms with Gasteiger partial charge in [-0.2, -0.15) is 0 Å². The molecule has 0 aromatic heterocycles. The number of hydrogen-bond donors (Lipinski definition) is 4. The number of ether oxygens (including phenoxy) is 1. The van der Waals surface area contributed by atoms with Crippen LogP contribution in [-0.4, -0.2) is 38.9 Å². The van der Waals surface area contributed by atoms with Crippen molar-refractivity contribution < 1.29 is 30.0 Å². The Kier molecular flexibility index (Phi) is 3.35. The van der Waals surface area contributed by atoms with Gasteiger partial charge in [-0.15, -0.1) is 0 Å². The third kappa shape index (κ3) is 2.03. The van der Waals surface area contributed by atoms with E-state index >= 15 is 0 Å². The van der Waals surface area contributed by atoms with Gasteiger partial charge in [0.15, 0.2) is 17.3 Å². The van der Waals surface area contributed by atoms with Gasteiger partial charge < -0.3 is 25.2 Å². The number of hydrogen-bond acceptors (Lipinski definition) is 6. The first-order chi connectivity index (χ1) is 11.8. The molecule has 1 aromatic rings. The van der Waals surface area contributed by atoms with Crippen molar-refractivity contribution in [1.82, 2.24) is 0 Å². The molecule has 0 radical (unpaired) electrons.